The summed E-state index contributed by atoms with van der Waals surface area (Å²) in [5.74, 6) is 0.278. The molecular formula is C37H43N3O3. The molecule has 3 aromatic carbocycles. The average molecular weight is 578 g/mol. The number of primary amides is 1. The second-order valence-electron chi connectivity index (χ2n) is 14.1. The van der Waals surface area contributed by atoms with E-state index in [2.05, 4.69) is 48.6 Å². The Balaban J connectivity index is 1.45. The first-order valence-electron chi connectivity index (χ1n) is 15.9. The van der Waals surface area contributed by atoms with Crippen LogP contribution in [0.1, 0.15) is 69.1 Å². The minimum Gasteiger partial charge on any atom is -0.390 e. The standard InChI is InChI=1S/C37H43N3O3/c1-24-18-31(33(38)41)40(25(24)2)34(42)32(36-21-26-19-30(36)22-35(43,20-26)23-36)39-37(27-12-6-3-7-13-27,28-14-8-4-9-15-28)29-16-10-5-11-17-29/h3-17,24-26,30-32,39,43H,18-23H2,1-2H3,(H2,38,41)/t24-,25?,26?,30?,31-,32+,35?,36+/m0/s1. The number of hydrogen-bond donors (Lipinski definition) is 3. The van der Waals surface area contributed by atoms with Crippen molar-refractivity contribution in [1.29, 1.82) is 0 Å². The van der Waals surface area contributed by atoms with E-state index in [-0.39, 0.29) is 23.8 Å². The number of nitrogens with two attached hydrogens (primary N) is 1. The minimum atomic E-state index is -0.863. The lowest BCUT2D eigenvalue weighted by atomic mass is 9.67. The molecule has 8 atom stereocenters. The van der Waals surface area contributed by atoms with Gasteiger partial charge in [-0.15, -0.1) is 0 Å². The topological polar surface area (TPSA) is 95.7 Å². The minimum absolute atomic E-state index is 0.0652. The highest BCUT2D eigenvalue weighted by atomic mass is 16.3. The van der Waals surface area contributed by atoms with Crippen LogP contribution in [0.4, 0.5) is 0 Å². The molecule has 5 aliphatic rings. The number of carbonyl (C=O) groups is 2. The summed E-state index contributed by atoms with van der Waals surface area (Å²) in [6.07, 6.45) is 4.64. The van der Waals surface area contributed by atoms with E-state index in [9.17, 15) is 9.90 Å². The molecule has 1 saturated heterocycles. The molecule has 4 N–H and O–H groups in total. The summed E-state index contributed by atoms with van der Waals surface area (Å²) in [5.41, 5.74) is 7.04. The maximum atomic E-state index is 15.3. The molecule has 0 aromatic heterocycles. The van der Waals surface area contributed by atoms with Crippen LogP contribution in [0.2, 0.25) is 0 Å². The van der Waals surface area contributed by atoms with E-state index in [4.69, 9.17) is 5.73 Å². The fourth-order valence-electron chi connectivity index (χ4n) is 9.83. The lowest BCUT2D eigenvalue weighted by Gasteiger charge is -2.49. The van der Waals surface area contributed by atoms with E-state index >= 15 is 4.79 Å². The molecule has 2 amide bonds. The number of nitrogens with zero attached hydrogens (tertiary/aromatic N) is 1. The Bertz CT molecular complexity index is 1400. The SMILES string of the molecule is CC1[C@@H](C)C[C@@H](C(N)=O)N1C(=O)[C@@H](NC(c1ccccc1)(c1ccccc1)c1ccccc1)[C@@]12CC3CC1CC(O)(C3)C2. The van der Waals surface area contributed by atoms with Gasteiger partial charge >= 0.3 is 0 Å². The molecule has 8 rings (SSSR count). The smallest absolute Gasteiger partial charge is 0.241 e. The van der Waals surface area contributed by atoms with Gasteiger partial charge in [0.05, 0.1) is 17.2 Å². The predicted molar refractivity (Wildman–Crippen MR) is 167 cm³/mol. The van der Waals surface area contributed by atoms with Crippen molar-refractivity contribution in [3.8, 4) is 0 Å². The molecular weight excluding hydrogens is 534 g/mol. The van der Waals surface area contributed by atoms with Gasteiger partial charge in [-0.05, 0) is 79.9 Å². The van der Waals surface area contributed by atoms with Gasteiger partial charge in [0.2, 0.25) is 11.8 Å². The van der Waals surface area contributed by atoms with Crippen molar-refractivity contribution in [2.24, 2.45) is 28.9 Å². The van der Waals surface area contributed by atoms with E-state index in [1.54, 1.807) is 4.90 Å². The van der Waals surface area contributed by atoms with Crippen molar-refractivity contribution in [1.82, 2.24) is 10.2 Å². The quantitative estimate of drug-likeness (QED) is 0.329. The number of nitrogens with one attached hydrogen (secondary N) is 1. The first-order valence-corrected chi connectivity index (χ1v) is 15.9. The molecule has 4 aliphatic carbocycles. The normalized spacial score (nSPS) is 33.6. The van der Waals surface area contributed by atoms with Crippen LogP contribution >= 0.6 is 0 Å². The number of hydrogen-bond acceptors (Lipinski definition) is 4. The van der Waals surface area contributed by atoms with Crippen molar-refractivity contribution in [2.45, 2.75) is 81.6 Å². The van der Waals surface area contributed by atoms with Crippen LogP contribution in [-0.2, 0) is 15.1 Å². The number of aliphatic hydroxyl groups is 1. The van der Waals surface area contributed by atoms with E-state index in [1.807, 2.05) is 61.5 Å². The third-order valence-corrected chi connectivity index (χ3v) is 11.6. The molecule has 4 bridgehead atoms. The number of likely N-dealkylation sites (tertiary alicyclic amines) is 1. The Hall–Kier alpha value is -3.48. The Labute approximate surface area is 254 Å². The molecule has 1 heterocycles. The van der Waals surface area contributed by atoms with Crippen LogP contribution in [0.3, 0.4) is 0 Å². The third kappa shape index (κ3) is 4.36. The van der Waals surface area contributed by atoms with Gasteiger partial charge in [0.25, 0.3) is 0 Å². The Morgan fingerprint density at radius 1 is 0.860 bits per heavy atom. The van der Waals surface area contributed by atoms with Crippen molar-refractivity contribution in [2.75, 3.05) is 0 Å². The van der Waals surface area contributed by atoms with Gasteiger partial charge in [-0.25, -0.2) is 0 Å². The monoisotopic (exact) mass is 577 g/mol. The first kappa shape index (κ1) is 28.3. The molecule has 4 unspecified atom stereocenters. The van der Waals surface area contributed by atoms with Gasteiger partial charge in [-0.3, -0.25) is 14.9 Å². The lowest BCUT2D eigenvalue weighted by molar-refractivity contribution is -0.146. The van der Waals surface area contributed by atoms with Crippen molar-refractivity contribution in [3.05, 3.63) is 108 Å². The molecule has 4 saturated carbocycles. The van der Waals surface area contributed by atoms with Crippen LogP contribution < -0.4 is 11.1 Å². The second-order valence-corrected chi connectivity index (χ2v) is 14.1. The van der Waals surface area contributed by atoms with Crippen LogP contribution in [0.15, 0.2) is 91.0 Å². The molecule has 6 nitrogen and oxygen atoms in total. The zero-order valence-electron chi connectivity index (χ0n) is 25.2. The zero-order valence-corrected chi connectivity index (χ0v) is 25.2. The summed E-state index contributed by atoms with van der Waals surface area (Å²) in [4.78, 5) is 29.9. The third-order valence-electron chi connectivity index (χ3n) is 11.6. The summed E-state index contributed by atoms with van der Waals surface area (Å²) in [6, 6.07) is 29.7. The van der Waals surface area contributed by atoms with Crippen LogP contribution in [0.5, 0.6) is 0 Å². The van der Waals surface area contributed by atoms with Crippen molar-refractivity contribution >= 4 is 11.8 Å². The van der Waals surface area contributed by atoms with Crippen LogP contribution in [-0.4, -0.2) is 45.5 Å². The molecule has 43 heavy (non-hydrogen) atoms. The van der Waals surface area contributed by atoms with Crippen LogP contribution in [0, 0.1) is 23.2 Å². The van der Waals surface area contributed by atoms with Gasteiger partial charge in [0.15, 0.2) is 0 Å². The molecule has 0 radical (unpaired) electrons. The van der Waals surface area contributed by atoms with Crippen LogP contribution in [0.25, 0.3) is 0 Å². The summed E-state index contributed by atoms with van der Waals surface area (Å²) < 4.78 is 0. The molecule has 1 aliphatic heterocycles. The highest BCUT2D eigenvalue weighted by molar-refractivity contribution is 5.91. The van der Waals surface area contributed by atoms with E-state index in [0.717, 1.165) is 42.4 Å². The second kappa shape index (κ2) is 10.3. The van der Waals surface area contributed by atoms with Crippen molar-refractivity contribution in [3.63, 3.8) is 0 Å². The van der Waals surface area contributed by atoms with Gasteiger partial charge in [-0.1, -0.05) is 97.9 Å². The number of carbonyl (C=O) groups excluding carboxylic acids is 2. The Morgan fingerprint density at radius 2 is 1.40 bits per heavy atom. The highest BCUT2D eigenvalue weighted by Gasteiger charge is 2.68. The molecule has 6 heteroatoms. The molecule has 0 spiro atoms. The van der Waals surface area contributed by atoms with Gasteiger partial charge in [0, 0.05) is 11.5 Å². The molecule has 5 fully saturated rings. The van der Waals surface area contributed by atoms with E-state index in [0.29, 0.717) is 18.8 Å². The van der Waals surface area contributed by atoms with Gasteiger partial charge < -0.3 is 15.7 Å². The summed E-state index contributed by atoms with van der Waals surface area (Å²) >= 11 is 0. The van der Waals surface area contributed by atoms with E-state index in [1.165, 1.54) is 0 Å². The largest absolute Gasteiger partial charge is 0.390 e. The van der Waals surface area contributed by atoms with Gasteiger partial charge in [-0.2, -0.15) is 0 Å². The predicted octanol–water partition coefficient (Wildman–Crippen LogP) is 4.99. The fourth-order valence-corrected chi connectivity index (χ4v) is 9.83. The van der Waals surface area contributed by atoms with E-state index < -0.39 is 34.5 Å². The number of benzene rings is 3. The Kier molecular flexibility index (Phi) is 6.79. The van der Waals surface area contributed by atoms with Gasteiger partial charge in [0.1, 0.15) is 6.04 Å². The molecule has 224 valence electrons. The first-order chi connectivity index (χ1) is 20.7. The Morgan fingerprint density at radius 3 is 1.88 bits per heavy atom. The maximum absolute atomic E-state index is 15.3. The number of rotatable bonds is 8. The molecule has 3 aromatic rings. The van der Waals surface area contributed by atoms with Crippen molar-refractivity contribution < 1.29 is 14.7 Å². The average Bonchev–Trinajstić information content (AvgIpc) is 3.53. The zero-order chi connectivity index (χ0) is 30.0. The summed E-state index contributed by atoms with van der Waals surface area (Å²) in [6.45, 7) is 4.15. The maximum Gasteiger partial charge on any atom is 0.241 e. The summed E-state index contributed by atoms with van der Waals surface area (Å²) in [5, 5.41) is 15.8. The highest BCUT2D eigenvalue weighted by Crippen LogP contribution is 2.68. The number of amides is 2. The lowest BCUT2D eigenvalue weighted by Crippen LogP contribution is -2.64. The fraction of sp³-hybridized carbons (Fsp3) is 0.459. The summed E-state index contributed by atoms with van der Waals surface area (Å²) in [7, 11) is 0.